The minimum absolute atomic E-state index is 0.0496. The van der Waals surface area contributed by atoms with E-state index in [0.717, 1.165) is 0 Å². The van der Waals surface area contributed by atoms with Crippen LogP contribution in [0.25, 0.3) is 0 Å². The lowest BCUT2D eigenvalue weighted by Gasteiger charge is -2.18. The number of rotatable bonds is 4. The number of hydrogen-bond acceptors (Lipinski definition) is 5. The highest BCUT2D eigenvalue weighted by atomic mass is 16.3. The summed E-state index contributed by atoms with van der Waals surface area (Å²) in [5.74, 6) is 0.487. The highest BCUT2D eigenvalue weighted by molar-refractivity contribution is 5.33. The molecule has 0 radical (unpaired) electrons. The van der Waals surface area contributed by atoms with Crippen LogP contribution in [0.15, 0.2) is 12.3 Å². The number of nitrogens with zero attached hydrogens (tertiary/aromatic N) is 4. The first kappa shape index (κ1) is 10.4. The van der Waals surface area contributed by atoms with Gasteiger partial charge in [0.05, 0.1) is 6.61 Å². The average Bonchev–Trinajstić information content (AvgIpc) is 2.26. The molecule has 0 aromatic carbocycles. The van der Waals surface area contributed by atoms with Crippen LogP contribution in [-0.4, -0.2) is 34.8 Å². The van der Waals surface area contributed by atoms with E-state index < -0.39 is 0 Å². The Hall–Kier alpha value is -1.67. The lowest BCUT2D eigenvalue weighted by molar-refractivity contribution is 0.301. The molecule has 74 valence electrons. The number of likely N-dealkylation sites (N-methyl/N-ethyl adjacent to an activating group) is 1. The maximum absolute atomic E-state index is 8.79. The number of aliphatic hydroxyl groups excluding tert-OH is 1. The highest BCUT2D eigenvalue weighted by Gasteiger charge is 2.06. The molecule has 0 saturated heterocycles. The lowest BCUT2D eigenvalue weighted by Crippen LogP contribution is -2.28. The Labute approximate surface area is 82.6 Å². The molecular formula is C9H12N4O. The van der Waals surface area contributed by atoms with Gasteiger partial charge in [-0.15, -0.1) is 0 Å². The second-order valence-corrected chi connectivity index (χ2v) is 2.66. The van der Waals surface area contributed by atoms with Gasteiger partial charge < -0.3 is 10.0 Å². The topological polar surface area (TPSA) is 73.0 Å². The molecule has 0 fully saturated rings. The van der Waals surface area contributed by atoms with Crippen molar-refractivity contribution in [1.29, 1.82) is 5.26 Å². The quantitative estimate of drug-likeness (QED) is 0.736. The minimum atomic E-state index is 0.0496. The summed E-state index contributed by atoms with van der Waals surface area (Å²) >= 11 is 0. The Morgan fingerprint density at radius 2 is 2.43 bits per heavy atom. The average molecular weight is 192 g/mol. The fourth-order valence-corrected chi connectivity index (χ4v) is 1.08. The second-order valence-electron chi connectivity index (χ2n) is 2.66. The summed E-state index contributed by atoms with van der Waals surface area (Å²) in [6.45, 7) is 3.17. The molecule has 5 nitrogen and oxygen atoms in total. The van der Waals surface area contributed by atoms with Gasteiger partial charge in [0.15, 0.2) is 0 Å². The summed E-state index contributed by atoms with van der Waals surface area (Å²) in [6, 6.07) is 3.50. The molecule has 1 aromatic rings. The molecular weight excluding hydrogens is 180 g/mol. The van der Waals surface area contributed by atoms with Gasteiger partial charge in [-0.05, 0) is 13.0 Å². The van der Waals surface area contributed by atoms with Gasteiger partial charge in [0.1, 0.15) is 11.8 Å². The number of aromatic nitrogens is 2. The van der Waals surface area contributed by atoms with E-state index in [1.807, 2.05) is 13.0 Å². The van der Waals surface area contributed by atoms with Crippen LogP contribution in [0.3, 0.4) is 0 Å². The standard InChI is InChI=1S/C9H12N4O/c1-2-13(5-6-14)9-11-4-3-8(7-10)12-9/h3-4,14H,2,5-6H2,1H3. The van der Waals surface area contributed by atoms with Crippen molar-refractivity contribution in [3.63, 3.8) is 0 Å². The van der Waals surface area contributed by atoms with Crippen molar-refractivity contribution in [3.05, 3.63) is 18.0 Å². The van der Waals surface area contributed by atoms with Gasteiger partial charge in [0, 0.05) is 19.3 Å². The highest BCUT2D eigenvalue weighted by Crippen LogP contribution is 2.05. The molecule has 0 spiro atoms. The van der Waals surface area contributed by atoms with Gasteiger partial charge in [-0.1, -0.05) is 0 Å². The molecule has 0 aliphatic heterocycles. The normalized spacial score (nSPS) is 9.50. The summed E-state index contributed by atoms with van der Waals surface area (Å²) in [7, 11) is 0. The molecule has 0 amide bonds. The predicted octanol–water partition coefficient (Wildman–Crippen LogP) is 0.167. The zero-order valence-electron chi connectivity index (χ0n) is 8.01. The maximum Gasteiger partial charge on any atom is 0.226 e. The zero-order valence-corrected chi connectivity index (χ0v) is 8.01. The van der Waals surface area contributed by atoms with Crippen LogP contribution in [-0.2, 0) is 0 Å². The molecule has 0 aliphatic carbocycles. The van der Waals surface area contributed by atoms with Crippen LogP contribution in [0.4, 0.5) is 5.95 Å². The van der Waals surface area contributed by atoms with E-state index >= 15 is 0 Å². The summed E-state index contributed by atoms with van der Waals surface area (Å²) in [5.41, 5.74) is 0.339. The van der Waals surface area contributed by atoms with Crippen LogP contribution in [0, 0.1) is 11.3 Å². The smallest absolute Gasteiger partial charge is 0.226 e. The summed E-state index contributed by atoms with van der Waals surface area (Å²) in [4.78, 5) is 9.86. The molecule has 1 heterocycles. The fourth-order valence-electron chi connectivity index (χ4n) is 1.08. The molecule has 1 aromatic heterocycles. The van der Waals surface area contributed by atoms with E-state index in [0.29, 0.717) is 24.7 Å². The second kappa shape index (κ2) is 5.14. The molecule has 0 saturated carbocycles. The van der Waals surface area contributed by atoms with Gasteiger partial charge in [-0.3, -0.25) is 0 Å². The van der Waals surface area contributed by atoms with Crippen molar-refractivity contribution < 1.29 is 5.11 Å². The van der Waals surface area contributed by atoms with Crippen molar-refractivity contribution in [2.45, 2.75) is 6.92 Å². The van der Waals surface area contributed by atoms with Crippen LogP contribution >= 0.6 is 0 Å². The molecule has 0 aliphatic rings. The van der Waals surface area contributed by atoms with Gasteiger partial charge >= 0.3 is 0 Å². The van der Waals surface area contributed by atoms with E-state index in [1.54, 1.807) is 17.2 Å². The molecule has 1 N–H and O–H groups in total. The Balaban J connectivity index is 2.87. The van der Waals surface area contributed by atoms with E-state index in [2.05, 4.69) is 9.97 Å². The predicted molar refractivity (Wildman–Crippen MR) is 51.7 cm³/mol. The molecule has 0 atom stereocenters. The minimum Gasteiger partial charge on any atom is -0.395 e. The Morgan fingerprint density at radius 3 is 3.00 bits per heavy atom. The van der Waals surface area contributed by atoms with Crippen LogP contribution in [0.2, 0.25) is 0 Å². The van der Waals surface area contributed by atoms with Crippen molar-refractivity contribution >= 4 is 5.95 Å². The third-order valence-electron chi connectivity index (χ3n) is 1.79. The largest absolute Gasteiger partial charge is 0.395 e. The first-order chi connectivity index (χ1) is 6.81. The van der Waals surface area contributed by atoms with Crippen LogP contribution < -0.4 is 4.90 Å². The van der Waals surface area contributed by atoms with Gasteiger partial charge in [0.2, 0.25) is 5.95 Å². The van der Waals surface area contributed by atoms with E-state index in [4.69, 9.17) is 10.4 Å². The Bertz CT molecular complexity index is 334. The van der Waals surface area contributed by atoms with Gasteiger partial charge in [-0.2, -0.15) is 5.26 Å². The molecule has 5 heteroatoms. The number of nitriles is 1. The maximum atomic E-state index is 8.79. The fraction of sp³-hybridized carbons (Fsp3) is 0.444. The Kier molecular flexibility index (Phi) is 3.83. The van der Waals surface area contributed by atoms with Gasteiger partial charge in [-0.25, -0.2) is 9.97 Å². The van der Waals surface area contributed by atoms with Crippen molar-refractivity contribution in [2.24, 2.45) is 0 Å². The van der Waals surface area contributed by atoms with E-state index in [1.165, 1.54) is 0 Å². The molecule has 1 rings (SSSR count). The van der Waals surface area contributed by atoms with E-state index in [-0.39, 0.29) is 6.61 Å². The molecule has 14 heavy (non-hydrogen) atoms. The Morgan fingerprint density at radius 1 is 1.64 bits per heavy atom. The third kappa shape index (κ3) is 2.41. The third-order valence-corrected chi connectivity index (χ3v) is 1.79. The first-order valence-corrected chi connectivity index (χ1v) is 4.40. The first-order valence-electron chi connectivity index (χ1n) is 4.40. The van der Waals surface area contributed by atoms with E-state index in [9.17, 15) is 0 Å². The number of hydrogen-bond donors (Lipinski definition) is 1. The molecule has 0 bridgehead atoms. The summed E-state index contributed by atoms with van der Waals surface area (Å²) < 4.78 is 0. The summed E-state index contributed by atoms with van der Waals surface area (Å²) in [6.07, 6.45) is 1.54. The molecule has 0 unspecified atom stereocenters. The van der Waals surface area contributed by atoms with Gasteiger partial charge in [0.25, 0.3) is 0 Å². The van der Waals surface area contributed by atoms with Crippen molar-refractivity contribution in [1.82, 2.24) is 9.97 Å². The summed E-state index contributed by atoms with van der Waals surface area (Å²) in [5, 5.41) is 17.4. The van der Waals surface area contributed by atoms with Crippen LogP contribution in [0.5, 0.6) is 0 Å². The zero-order chi connectivity index (χ0) is 10.4. The van der Waals surface area contributed by atoms with Crippen molar-refractivity contribution in [2.75, 3.05) is 24.6 Å². The van der Waals surface area contributed by atoms with Crippen molar-refractivity contribution in [3.8, 4) is 6.07 Å². The van der Waals surface area contributed by atoms with Crippen LogP contribution in [0.1, 0.15) is 12.6 Å². The number of aliphatic hydroxyl groups is 1. The number of anilines is 1. The SMILES string of the molecule is CCN(CCO)c1nccc(C#N)n1. The lowest BCUT2D eigenvalue weighted by atomic mass is 10.4. The monoisotopic (exact) mass is 192 g/mol.